The normalized spacial score (nSPS) is 25.1. The molecule has 0 aromatic rings. The zero-order valence-corrected chi connectivity index (χ0v) is 19.3. The topological polar surface area (TPSA) is 105 Å². The molecule has 31 heavy (non-hydrogen) atoms. The second-order valence-electron chi connectivity index (χ2n) is 9.45. The fourth-order valence-electron chi connectivity index (χ4n) is 4.66. The van der Waals surface area contributed by atoms with Crippen LogP contribution >= 0.6 is 0 Å². The lowest BCUT2D eigenvalue weighted by molar-refractivity contribution is -0.137. The number of carbonyl (C=O) groups excluding carboxylic acids is 2. The molecule has 0 saturated carbocycles. The number of hydrogen-bond donors (Lipinski definition) is 3. The van der Waals surface area contributed by atoms with Gasteiger partial charge in [-0.3, -0.25) is 14.4 Å². The van der Waals surface area contributed by atoms with E-state index in [4.69, 9.17) is 9.84 Å². The molecule has 2 saturated heterocycles. The average molecular weight is 437 g/mol. The Labute approximate surface area is 186 Å². The van der Waals surface area contributed by atoms with E-state index in [0.717, 1.165) is 44.9 Å². The molecule has 2 amide bonds. The van der Waals surface area contributed by atoms with Crippen LogP contribution in [0.5, 0.6) is 0 Å². The number of nitrogens with one attached hydrogen (secondary N) is 2. The summed E-state index contributed by atoms with van der Waals surface area (Å²) in [5.41, 5.74) is -0.943. The van der Waals surface area contributed by atoms with Crippen molar-refractivity contribution in [3.05, 3.63) is 12.2 Å². The third kappa shape index (κ3) is 7.95. The monoisotopic (exact) mass is 436 g/mol. The Morgan fingerprint density at radius 3 is 2.42 bits per heavy atom. The average Bonchev–Trinajstić information content (AvgIpc) is 3.30. The van der Waals surface area contributed by atoms with Crippen LogP contribution in [0.2, 0.25) is 0 Å². The highest BCUT2D eigenvalue weighted by molar-refractivity contribution is 5.90. The zero-order chi connectivity index (χ0) is 22.9. The molecule has 7 nitrogen and oxygen atoms in total. The number of aliphatic carboxylic acids is 1. The zero-order valence-electron chi connectivity index (χ0n) is 19.3. The maximum absolute atomic E-state index is 12.8. The molecule has 0 spiro atoms. The Kier molecular flexibility index (Phi) is 10.0. The van der Waals surface area contributed by atoms with Gasteiger partial charge in [-0.05, 0) is 58.3 Å². The van der Waals surface area contributed by atoms with Gasteiger partial charge < -0.3 is 20.5 Å². The Morgan fingerprint density at radius 1 is 1.03 bits per heavy atom. The van der Waals surface area contributed by atoms with Crippen LogP contribution in [0, 0.1) is 11.8 Å². The molecule has 0 aromatic carbocycles. The molecule has 0 aliphatic carbocycles. The molecule has 2 bridgehead atoms. The van der Waals surface area contributed by atoms with Crippen LogP contribution in [0.3, 0.4) is 0 Å². The molecule has 2 aliphatic rings. The first kappa shape index (κ1) is 25.4. The number of carboxylic acid groups (broad SMARTS) is 1. The molecule has 0 unspecified atom stereocenters. The van der Waals surface area contributed by atoms with E-state index in [1.807, 2.05) is 0 Å². The first-order valence-electron chi connectivity index (χ1n) is 11.9. The predicted octanol–water partition coefficient (Wildman–Crippen LogP) is 3.57. The number of allylic oxidation sites excluding steroid dienone is 2. The van der Waals surface area contributed by atoms with Gasteiger partial charge >= 0.3 is 5.97 Å². The summed E-state index contributed by atoms with van der Waals surface area (Å²) >= 11 is 0. The largest absolute Gasteiger partial charge is 0.481 e. The summed E-state index contributed by atoms with van der Waals surface area (Å²) in [7, 11) is 0. The summed E-state index contributed by atoms with van der Waals surface area (Å²) in [4.78, 5) is 35.5. The quantitative estimate of drug-likeness (QED) is 0.285. The van der Waals surface area contributed by atoms with Gasteiger partial charge in [-0.15, -0.1) is 0 Å². The maximum atomic E-state index is 12.8. The van der Waals surface area contributed by atoms with Crippen LogP contribution in [0.15, 0.2) is 12.2 Å². The second kappa shape index (κ2) is 12.2. The number of rotatable bonds is 14. The van der Waals surface area contributed by atoms with Crippen molar-refractivity contribution in [2.45, 2.75) is 103 Å². The van der Waals surface area contributed by atoms with Crippen molar-refractivity contribution in [1.82, 2.24) is 10.6 Å². The van der Waals surface area contributed by atoms with Crippen molar-refractivity contribution in [3.63, 3.8) is 0 Å². The molecule has 2 aliphatic heterocycles. The molecule has 0 radical (unpaired) electrons. The number of unbranched alkanes of at least 4 members (excludes halogenated alkanes) is 3. The van der Waals surface area contributed by atoms with Crippen LogP contribution in [0.25, 0.3) is 0 Å². The van der Waals surface area contributed by atoms with Gasteiger partial charge in [0.25, 0.3) is 0 Å². The highest BCUT2D eigenvalue weighted by Gasteiger charge is 2.48. The van der Waals surface area contributed by atoms with Crippen molar-refractivity contribution in [1.29, 1.82) is 0 Å². The van der Waals surface area contributed by atoms with Crippen LogP contribution in [0.4, 0.5) is 0 Å². The summed E-state index contributed by atoms with van der Waals surface area (Å²) in [6, 6.07) is 0. The van der Waals surface area contributed by atoms with E-state index in [0.29, 0.717) is 25.3 Å². The molecule has 3 N–H and O–H groups in total. The molecule has 2 rings (SSSR count). The highest BCUT2D eigenvalue weighted by atomic mass is 16.5. The van der Waals surface area contributed by atoms with Gasteiger partial charge in [0, 0.05) is 25.3 Å². The number of amides is 2. The summed E-state index contributed by atoms with van der Waals surface area (Å²) in [5, 5.41) is 14.6. The van der Waals surface area contributed by atoms with Gasteiger partial charge in [0.2, 0.25) is 11.8 Å². The molecular weight excluding hydrogens is 396 g/mol. The predicted molar refractivity (Wildman–Crippen MR) is 119 cm³/mol. The first-order valence-corrected chi connectivity index (χ1v) is 11.9. The van der Waals surface area contributed by atoms with Crippen molar-refractivity contribution < 1.29 is 24.2 Å². The van der Waals surface area contributed by atoms with Gasteiger partial charge in [-0.1, -0.05) is 31.9 Å². The first-order chi connectivity index (χ1) is 14.7. The van der Waals surface area contributed by atoms with Crippen LogP contribution < -0.4 is 10.6 Å². The summed E-state index contributed by atoms with van der Waals surface area (Å²) < 4.78 is 6.11. The Hall–Kier alpha value is -1.89. The molecule has 7 heteroatoms. The fourth-order valence-corrected chi connectivity index (χ4v) is 4.66. The smallest absolute Gasteiger partial charge is 0.303 e. The minimum Gasteiger partial charge on any atom is -0.481 e. The molecule has 0 aromatic heterocycles. The summed E-state index contributed by atoms with van der Waals surface area (Å²) in [5.74, 6) is -0.375. The van der Waals surface area contributed by atoms with E-state index in [1.165, 1.54) is 0 Å². The lowest BCUT2D eigenvalue weighted by Crippen LogP contribution is -2.55. The Morgan fingerprint density at radius 2 is 1.74 bits per heavy atom. The van der Waals surface area contributed by atoms with E-state index in [2.05, 4.69) is 29.7 Å². The third-order valence-electron chi connectivity index (χ3n) is 6.45. The van der Waals surface area contributed by atoms with Crippen molar-refractivity contribution in [2.75, 3.05) is 6.54 Å². The highest BCUT2D eigenvalue weighted by Crippen LogP contribution is 2.44. The lowest BCUT2D eigenvalue weighted by atomic mass is 9.77. The van der Waals surface area contributed by atoms with Crippen molar-refractivity contribution in [2.24, 2.45) is 11.8 Å². The summed E-state index contributed by atoms with van der Waals surface area (Å²) in [6.45, 7) is 6.13. The molecule has 4 atom stereocenters. The van der Waals surface area contributed by atoms with E-state index in [-0.39, 0.29) is 36.4 Å². The third-order valence-corrected chi connectivity index (χ3v) is 6.45. The molecule has 2 fully saturated rings. The second-order valence-corrected chi connectivity index (χ2v) is 9.45. The van der Waals surface area contributed by atoms with Gasteiger partial charge in [0.15, 0.2) is 0 Å². The minimum atomic E-state index is -0.943. The Bertz CT molecular complexity index is 646. The molecule has 2 heterocycles. The Balaban J connectivity index is 1.80. The summed E-state index contributed by atoms with van der Waals surface area (Å²) in [6.07, 6.45) is 12.6. The van der Waals surface area contributed by atoms with E-state index >= 15 is 0 Å². The van der Waals surface area contributed by atoms with E-state index < -0.39 is 11.5 Å². The van der Waals surface area contributed by atoms with Crippen LogP contribution in [-0.2, 0) is 19.1 Å². The van der Waals surface area contributed by atoms with E-state index in [1.54, 1.807) is 13.8 Å². The number of hydrogen-bond acceptors (Lipinski definition) is 4. The van der Waals surface area contributed by atoms with Crippen molar-refractivity contribution in [3.8, 4) is 0 Å². The fraction of sp³-hybridized carbons (Fsp3) is 0.792. The van der Waals surface area contributed by atoms with Gasteiger partial charge in [0.1, 0.15) is 5.54 Å². The van der Waals surface area contributed by atoms with Crippen LogP contribution in [0.1, 0.15) is 85.0 Å². The van der Waals surface area contributed by atoms with Crippen LogP contribution in [-0.4, -0.2) is 47.2 Å². The lowest BCUT2D eigenvalue weighted by Gasteiger charge is -2.30. The maximum Gasteiger partial charge on any atom is 0.303 e. The SMILES string of the molecule is CCCCCC(=O)NC(C)(C)C(=O)NC[C@H]1[C@@H](CC=CCCCC(=O)O)[C@H]2CC[C@@H]1O2. The van der Waals surface area contributed by atoms with E-state index in [9.17, 15) is 14.4 Å². The number of fused-ring (bicyclic) bond motifs is 2. The number of ether oxygens (including phenoxy) is 1. The minimum absolute atomic E-state index is 0.0808. The standard InChI is InChI=1S/C24H40N2O5/c1-4-5-8-12-21(27)26-24(2,3)23(30)25-16-18-17(19-14-15-20(18)31-19)11-9-6-7-10-13-22(28)29/h6,9,17-20H,4-5,7-8,10-16H2,1-3H3,(H,25,30)(H,26,27)(H,28,29)/t17-,18+,19-,20+/m1/s1. The molecule has 176 valence electrons. The number of carbonyl (C=O) groups is 3. The van der Waals surface area contributed by atoms with Crippen molar-refractivity contribution >= 4 is 17.8 Å². The van der Waals surface area contributed by atoms with Gasteiger partial charge in [-0.25, -0.2) is 0 Å². The molecular formula is C24H40N2O5. The van der Waals surface area contributed by atoms with Gasteiger partial charge in [0.05, 0.1) is 12.2 Å². The number of carboxylic acids is 1. The van der Waals surface area contributed by atoms with Gasteiger partial charge in [-0.2, -0.15) is 0 Å².